The molecule has 4 nitrogen and oxygen atoms in total. The van der Waals surface area contributed by atoms with Gasteiger partial charge in [0.05, 0.1) is 7.11 Å². The average Bonchev–Trinajstić information content (AvgIpc) is 2.43. The Kier molecular flexibility index (Phi) is 4.06. The third-order valence-electron chi connectivity index (χ3n) is 2.59. The van der Waals surface area contributed by atoms with E-state index in [1.165, 1.54) is 0 Å². The van der Waals surface area contributed by atoms with Crippen LogP contribution in [0.15, 0.2) is 46.9 Å². The summed E-state index contributed by atoms with van der Waals surface area (Å²) < 4.78 is 5.88. The summed E-state index contributed by atoms with van der Waals surface area (Å²) in [7, 11) is 1.56. The third kappa shape index (κ3) is 3.26. The zero-order valence-corrected chi connectivity index (χ0v) is 11.9. The van der Waals surface area contributed by atoms with Gasteiger partial charge in [-0.3, -0.25) is 4.79 Å². The van der Waals surface area contributed by atoms with E-state index in [1.807, 2.05) is 0 Å². The maximum Gasteiger partial charge on any atom is 0.255 e. The summed E-state index contributed by atoms with van der Waals surface area (Å²) in [5, 5.41) is 2.78. The predicted octanol–water partition coefficient (Wildman–Crippen LogP) is 3.29. The van der Waals surface area contributed by atoms with Gasteiger partial charge in [-0.2, -0.15) is 0 Å². The number of amides is 1. The Labute approximate surface area is 119 Å². The van der Waals surface area contributed by atoms with E-state index in [1.54, 1.807) is 49.6 Å². The number of carbonyl (C=O) groups excluding carboxylic acids is 1. The molecule has 2 aromatic rings. The lowest BCUT2D eigenvalue weighted by Crippen LogP contribution is -2.12. The van der Waals surface area contributed by atoms with E-state index >= 15 is 0 Å². The van der Waals surface area contributed by atoms with Crippen LogP contribution in [0.5, 0.6) is 5.75 Å². The smallest absolute Gasteiger partial charge is 0.255 e. The van der Waals surface area contributed by atoms with Gasteiger partial charge in [0.25, 0.3) is 5.91 Å². The SMILES string of the molecule is COc1cccc(C(=O)Nc2ccc(Br)c(N)c2)c1. The lowest BCUT2D eigenvalue weighted by Gasteiger charge is -2.08. The van der Waals surface area contributed by atoms with Gasteiger partial charge in [0.2, 0.25) is 0 Å². The van der Waals surface area contributed by atoms with Crippen molar-refractivity contribution in [3.63, 3.8) is 0 Å². The monoisotopic (exact) mass is 320 g/mol. The number of benzene rings is 2. The highest BCUT2D eigenvalue weighted by Crippen LogP contribution is 2.23. The maximum atomic E-state index is 12.1. The normalized spacial score (nSPS) is 10.0. The number of hydrogen-bond acceptors (Lipinski definition) is 3. The van der Waals surface area contributed by atoms with Crippen molar-refractivity contribution in [1.82, 2.24) is 0 Å². The molecule has 0 aromatic heterocycles. The number of nitrogen functional groups attached to an aromatic ring is 1. The molecule has 0 unspecified atom stereocenters. The molecule has 0 saturated carbocycles. The first-order chi connectivity index (χ1) is 9.10. The molecular weight excluding hydrogens is 308 g/mol. The predicted molar refractivity (Wildman–Crippen MR) is 79.5 cm³/mol. The average molecular weight is 321 g/mol. The zero-order valence-electron chi connectivity index (χ0n) is 10.3. The Hall–Kier alpha value is -2.01. The van der Waals surface area contributed by atoms with E-state index in [0.717, 1.165) is 4.47 Å². The van der Waals surface area contributed by atoms with Crippen molar-refractivity contribution in [3.8, 4) is 5.75 Å². The second-order valence-corrected chi connectivity index (χ2v) is 4.78. The van der Waals surface area contributed by atoms with Crippen LogP contribution in [0.25, 0.3) is 0 Å². The molecule has 0 radical (unpaired) electrons. The van der Waals surface area contributed by atoms with Crippen molar-refractivity contribution in [2.75, 3.05) is 18.2 Å². The fourth-order valence-electron chi connectivity index (χ4n) is 1.59. The number of halogens is 1. The molecule has 5 heteroatoms. The van der Waals surface area contributed by atoms with Gasteiger partial charge in [-0.25, -0.2) is 0 Å². The van der Waals surface area contributed by atoms with E-state index in [2.05, 4.69) is 21.2 Å². The van der Waals surface area contributed by atoms with Crippen LogP contribution in [-0.4, -0.2) is 13.0 Å². The molecule has 2 rings (SSSR count). The fourth-order valence-corrected chi connectivity index (χ4v) is 1.84. The van der Waals surface area contributed by atoms with Crippen molar-refractivity contribution >= 4 is 33.2 Å². The molecule has 3 N–H and O–H groups in total. The lowest BCUT2D eigenvalue weighted by molar-refractivity contribution is 0.102. The van der Waals surface area contributed by atoms with Gasteiger partial charge in [-0.1, -0.05) is 6.07 Å². The van der Waals surface area contributed by atoms with Crippen LogP contribution >= 0.6 is 15.9 Å². The summed E-state index contributed by atoms with van der Waals surface area (Å²) in [6, 6.07) is 12.2. The Bertz CT molecular complexity index is 614. The van der Waals surface area contributed by atoms with E-state index in [-0.39, 0.29) is 5.91 Å². The number of ether oxygens (including phenoxy) is 1. The fraction of sp³-hybridized carbons (Fsp3) is 0.0714. The number of methoxy groups -OCH3 is 1. The van der Waals surface area contributed by atoms with Crippen LogP contribution in [0.4, 0.5) is 11.4 Å². The van der Waals surface area contributed by atoms with Crippen molar-refractivity contribution in [2.45, 2.75) is 0 Å². The molecule has 98 valence electrons. The summed E-state index contributed by atoms with van der Waals surface area (Å²) >= 11 is 3.31. The van der Waals surface area contributed by atoms with Crippen LogP contribution in [0.2, 0.25) is 0 Å². The minimum Gasteiger partial charge on any atom is -0.497 e. The molecule has 0 aliphatic carbocycles. The number of rotatable bonds is 3. The first-order valence-electron chi connectivity index (χ1n) is 5.60. The highest BCUT2D eigenvalue weighted by molar-refractivity contribution is 9.10. The van der Waals surface area contributed by atoms with Crippen molar-refractivity contribution < 1.29 is 9.53 Å². The van der Waals surface area contributed by atoms with Crippen molar-refractivity contribution in [1.29, 1.82) is 0 Å². The number of nitrogens with two attached hydrogens (primary N) is 1. The van der Waals surface area contributed by atoms with Gasteiger partial charge < -0.3 is 15.8 Å². The summed E-state index contributed by atoms with van der Waals surface area (Å²) in [6.45, 7) is 0. The van der Waals surface area contributed by atoms with Gasteiger partial charge in [-0.15, -0.1) is 0 Å². The molecular formula is C14H13BrN2O2. The van der Waals surface area contributed by atoms with Crippen LogP contribution in [0.3, 0.4) is 0 Å². The Balaban J connectivity index is 2.18. The highest BCUT2D eigenvalue weighted by atomic mass is 79.9. The molecule has 0 spiro atoms. The summed E-state index contributed by atoms with van der Waals surface area (Å²) in [4.78, 5) is 12.1. The highest BCUT2D eigenvalue weighted by Gasteiger charge is 2.07. The van der Waals surface area contributed by atoms with Crippen LogP contribution < -0.4 is 15.8 Å². The van der Waals surface area contributed by atoms with E-state index < -0.39 is 0 Å². The summed E-state index contributed by atoms with van der Waals surface area (Å²) in [6.07, 6.45) is 0. The van der Waals surface area contributed by atoms with Gasteiger partial charge in [-0.05, 0) is 52.3 Å². The third-order valence-corrected chi connectivity index (χ3v) is 3.31. The van der Waals surface area contributed by atoms with Gasteiger partial charge in [0, 0.05) is 21.4 Å². The molecule has 2 aromatic carbocycles. The Morgan fingerprint density at radius 3 is 2.74 bits per heavy atom. The molecule has 1 amide bonds. The number of hydrogen-bond donors (Lipinski definition) is 2. The zero-order chi connectivity index (χ0) is 13.8. The summed E-state index contributed by atoms with van der Waals surface area (Å²) in [5.74, 6) is 0.434. The molecule has 0 heterocycles. The number of anilines is 2. The van der Waals surface area contributed by atoms with E-state index in [4.69, 9.17) is 10.5 Å². The minimum atomic E-state index is -0.208. The van der Waals surface area contributed by atoms with Gasteiger partial charge in [0.15, 0.2) is 0 Å². The lowest BCUT2D eigenvalue weighted by atomic mass is 10.2. The largest absolute Gasteiger partial charge is 0.497 e. The summed E-state index contributed by atoms with van der Waals surface area (Å²) in [5.41, 5.74) is 7.51. The van der Waals surface area contributed by atoms with E-state index in [0.29, 0.717) is 22.7 Å². The second-order valence-electron chi connectivity index (χ2n) is 3.92. The Morgan fingerprint density at radius 2 is 2.05 bits per heavy atom. The Morgan fingerprint density at radius 1 is 1.26 bits per heavy atom. The van der Waals surface area contributed by atoms with Crippen LogP contribution in [0, 0.1) is 0 Å². The topological polar surface area (TPSA) is 64.3 Å². The van der Waals surface area contributed by atoms with E-state index in [9.17, 15) is 4.79 Å². The minimum absolute atomic E-state index is 0.208. The molecule has 19 heavy (non-hydrogen) atoms. The molecule has 0 fully saturated rings. The van der Waals surface area contributed by atoms with Crippen molar-refractivity contribution in [2.24, 2.45) is 0 Å². The van der Waals surface area contributed by atoms with Gasteiger partial charge >= 0.3 is 0 Å². The number of nitrogens with one attached hydrogen (secondary N) is 1. The first kappa shape index (κ1) is 13.4. The maximum absolute atomic E-state index is 12.1. The van der Waals surface area contributed by atoms with Crippen LogP contribution in [-0.2, 0) is 0 Å². The van der Waals surface area contributed by atoms with Gasteiger partial charge in [0.1, 0.15) is 5.75 Å². The quantitative estimate of drug-likeness (QED) is 0.853. The molecule has 0 aliphatic rings. The molecule has 0 saturated heterocycles. The second kappa shape index (κ2) is 5.75. The number of carbonyl (C=O) groups is 1. The van der Waals surface area contributed by atoms with Crippen LogP contribution in [0.1, 0.15) is 10.4 Å². The molecule has 0 atom stereocenters. The standard InChI is InChI=1S/C14H13BrN2O2/c1-19-11-4-2-3-9(7-11)14(18)17-10-5-6-12(15)13(16)8-10/h2-8H,16H2,1H3,(H,17,18). The first-order valence-corrected chi connectivity index (χ1v) is 6.40. The molecule has 0 aliphatic heterocycles. The molecule has 0 bridgehead atoms. The van der Waals surface area contributed by atoms with Crippen molar-refractivity contribution in [3.05, 3.63) is 52.5 Å².